The maximum Gasteiger partial charge on any atom is 0.586 e. The van der Waals surface area contributed by atoms with E-state index in [9.17, 15) is 18.4 Å². The molecule has 0 spiro atoms. The summed E-state index contributed by atoms with van der Waals surface area (Å²) in [7, 11) is 0. The van der Waals surface area contributed by atoms with Crippen LogP contribution in [0, 0.1) is 0 Å². The highest BCUT2D eigenvalue weighted by atomic mass is 32.2. The third kappa shape index (κ3) is 3.44. The Bertz CT molecular complexity index is 1160. The Morgan fingerprint density at radius 3 is 2.94 bits per heavy atom. The van der Waals surface area contributed by atoms with Crippen LogP contribution in [0.3, 0.4) is 0 Å². The Balaban J connectivity index is 1.31. The maximum absolute atomic E-state index is 13.4. The summed E-state index contributed by atoms with van der Waals surface area (Å²) >= 11 is 1.31. The number of nitrogens with one attached hydrogen (secondary N) is 3. The molecule has 1 fully saturated rings. The third-order valence-electron chi connectivity index (χ3n) is 6.05. The van der Waals surface area contributed by atoms with Gasteiger partial charge < -0.3 is 25.4 Å². The van der Waals surface area contributed by atoms with Crippen LogP contribution in [-0.4, -0.2) is 47.6 Å². The van der Waals surface area contributed by atoms with Gasteiger partial charge in [-0.3, -0.25) is 9.69 Å². The maximum atomic E-state index is 13.4. The first-order chi connectivity index (χ1) is 15.9. The second-order valence-electron chi connectivity index (χ2n) is 8.20. The molecule has 1 aromatic heterocycles. The number of carbonyl (C=O) groups excluding carboxylic acids is 2. The van der Waals surface area contributed by atoms with Crippen LogP contribution in [-0.2, 0) is 4.79 Å². The number of thioether (sulfide) groups is 1. The number of anilines is 2. The highest BCUT2D eigenvalue weighted by molar-refractivity contribution is 8.01. The number of carbonyl (C=O) groups is 2. The molecular weight excluding hydrogens is 456 g/mol. The van der Waals surface area contributed by atoms with Gasteiger partial charge in [-0.2, -0.15) is 0 Å². The molecule has 1 saturated heterocycles. The first kappa shape index (κ1) is 20.5. The van der Waals surface area contributed by atoms with E-state index in [1.54, 1.807) is 12.3 Å². The first-order valence-corrected chi connectivity index (χ1v) is 11.4. The van der Waals surface area contributed by atoms with Crippen LogP contribution >= 0.6 is 11.8 Å². The number of benzene rings is 1. The van der Waals surface area contributed by atoms with Gasteiger partial charge in [0.1, 0.15) is 10.3 Å². The number of aromatic nitrogens is 1. The monoisotopic (exact) mass is 475 g/mol. The molecule has 5 heterocycles. The Morgan fingerprint density at radius 1 is 1.27 bits per heavy atom. The molecule has 3 amide bonds. The molecular formula is C21H19F2N5O4S. The molecule has 172 valence electrons. The lowest BCUT2D eigenvalue weighted by Crippen LogP contribution is -2.52. The zero-order valence-corrected chi connectivity index (χ0v) is 18.0. The number of halogens is 2. The number of hydrogen-bond acceptors (Lipinski definition) is 7. The topological polar surface area (TPSA) is 105 Å². The van der Waals surface area contributed by atoms with Crippen molar-refractivity contribution >= 4 is 35.1 Å². The van der Waals surface area contributed by atoms with E-state index >= 15 is 0 Å². The molecule has 4 aliphatic heterocycles. The normalized spacial score (nSPS) is 26.5. The number of piperidine rings is 1. The minimum Gasteiger partial charge on any atom is -0.395 e. The standard InChI is InChI=1S/C21H19F2N5O4S/c22-21(23)31-13-4-3-11(8-14(13)32-21)28-12-5-7-25-19-15(12)16(27-20(28)30)17(33-19)18(29)26-10-2-1-6-24-9-10/h3-5,7-8,10,16-17,24H,1-2,6,9H2,(H,26,29)(H,27,30)/t10?,16?,17-/m1/s1. The van der Waals surface area contributed by atoms with Crippen LogP contribution in [0.15, 0.2) is 35.5 Å². The number of alkyl halides is 2. The Labute approximate surface area is 191 Å². The molecule has 2 aromatic rings. The quantitative estimate of drug-likeness (QED) is 0.627. The van der Waals surface area contributed by atoms with Crippen molar-refractivity contribution in [1.82, 2.24) is 20.9 Å². The molecule has 6 rings (SSSR count). The molecule has 0 radical (unpaired) electrons. The Kier molecular flexibility index (Phi) is 4.63. The Hall–Kier alpha value is -3.12. The molecule has 0 aliphatic carbocycles. The average molecular weight is 475 g/mol. The van der Waals surface area contributed by atoms with E-state index in [0.717, 1.165) is 24.9 Å². The highest BCUT2D eigenvalue weighted by Gasteiger charge is 2.48. The fourth-order valence-corrected chi connectivity index (χ4v) is 5.85. The largest absolute Gasteiger partial charge is 0.586 e. The summed E-state index contributed by atoms with van der Waals surface area (Å²) in [5.41, 5.74) is 1.60. The summed E-state index contributed by atoms with van der Waals surface area (Å²) in [6.07, 6.45) is -0.290. The van der Waals surface area contributed by atoms with E-state index in [1.165, 1.54) is 34.9 Å². The fourth-order valence-electron chi connectivity index (χ4n) is 4.62. The van der Waals surface area contributed by atoms with Crippen molar-refractivity contribution in [3.8, 4) is 11.5 Å². The zero-order valence-electron chi connectivity index (χ0n) is 17.1. The van der Waals surface area contributed by atoms with Crippen molar-refractivity contribution in [2.75, 3.05) is 18.0 Å². The van der Waals surface area contributed by atoms with Crippen LogP contribution in [0.4, 0.5) is 25.0 Å². The zero-order chi connectivity index (χ0) is 22.7. The number of rotatable bonds is 3. The molecule has 1 aromatic carbocycles. The lowest BCUT2D eigenvalue weighted by atomic mass is 9.99. The van der Waals surface area contributed by atoms with Crippen LogP contribution in [0.5, 0.6) is 11.5 Å². The van der Waals surface area contributed by atoms with Crippen LogP contribution in [0.1, 0.15) is 24.4 Å². The Morgan fingerprint density at radius 2 is 2.12 bits per heavy atom. The summed E-state index contributed by atoms with van der Waals surface area (Å²) < 4.78 is 35.9. The van der Waals surface area contributed by atoms with Gasteiger partial charge in [0.05, 0.1) is 17.4 Å². The predicted octanol–water partition coefficient (Wildman–Crippen LogP) is 2.65. The van der Waals surface area contributed by atoms with Crippen molar-refractivity contribution in [3.05, 3.63) is 36.0 Å². The summed E-state index contributed by atoms with van der Waals surface area (Å²) in [5.74, 6) is -0.420. The lowest BCUT2D eigenvalue weighted by Gasteiger charge is -2.34. The van der Waals surface area contributed by atoms with Crippen LogP contribution < -0.4 is 30.3 Å². The molecule has 2 unspecified atom stereocenters. The number of nitrogens with zero attached hydrogens (tertiary/aromatic N) is 2. The molecule has 0 saturated carbocycles. The number of hydrogen-bond donors (Lipinski definition) is 3. The van der Waals surface area contributed by atoms with Crippen LogP contribution in [0.25, 0.3) is 0 Å². The van der Waals surface area contributed by atoms with Crippen molar-refractivity contribution < 1.29 is 27.8 Å². The smallest absolute Gasteiger partial charge is 0.395 e. The predicted molar refractivity (Wildman–Crippen MR) is 114 cm³/mol. The minimum atomic E-state index is -3.75. The molecule has 12 heteroatoms. The van der Waals surface area contributed by atoms with Crippen molar-refractivity contribution in [1.29, 1.82) is 0 Å². The van der Waals surface area contributed by atoms with Gasteiger partial charge in [0.25, 0.3) is 0 Å². The fraction of sp³-hybridized carbons (Fsp3) is 0.381. The van der Waals surface area contributed by atoms with Gasteiger partial charge in [-0.25, -0.2) is 9.78 Å². The van der Waals surface area contributed by atoms with E-state index in [1.807, 2.05) is 0 Å². The van der Waals surface area contributed by atoms with Gasteiger partial charge in [0.15, 0.2) is 11.5 Å². The molecule has 3 atom stereocenters. The number of urea groups is 1. The summed E-state index contributed by atoms with van der Waals surface area (Å²) in [5, 5.41) is 9.35. The summed E-state index contributed by atoms with van der Waals surface area (Å²) in [6, 6.07) is 4.85. The molecule has 3 N–H and O–H groups in total. The average Bonchev–Trinajstić information content (AvgIpc) is 3.31. The summed E-state index contributed by atoms with van der Waals surface area (Å²) in [4.78, 5) is 32.0. The first-order valence-electron chi connectivity index (χ1n) is 10.6. The van der Waals surface area contributed by atoms with E-state index in [4.69, 9.17) is 0 Å². The molecule has 0 bridgehead atoms. The van der Waals surface area contributed by atoms with Gasteiger partial charge in [-0.05, 0) is 37.6 Å². The number of ether oxygens (including phenoxy) is 2. The number of pyridine rings is 1. The van der Waals surface area contributed by atoms with Crippen molar-refractivity contribution in [2.45, 2.75) is 41.5 Å². The van der Waals surface area contributed by atoms with Gasteiger partial charge in [-0.15, -0.1) is 8.78 Å². The molecule has 9 nitrogen and oxygen atoms in total. The van der Waals surface area contributed by atoms with Crippen LogP contribution in [0.2, 0.25) is 0 Å². The van der Waals surface area contributed by atoms with Gasteiger partial charge >= 0.3 is 12.3 Å². The molecule has 4 aliphatic rings. The van der Waals surface area contributed by atoms with E-state index < -0.39 is 23.6 Å². The number of fused-ring (bicyclic) bond motifs is 1. The van der Waals surface area contributed by atoms with Crippen molar-refractivity contribution in [2.24, 2.45) is 0 Å². The van der Waals surface area contributed by atoms with E-state index in [0.29, 0.717) is 22.9 Å². The molecule has 33 heavy (non-hydrogen) atoms. The lowest BCUT2D eigenvalue weighted by molar-refractivity contribution is -0.286. The van der Waals surface area contributed by atoms with Gasteiger partial charge in [0, 0.05) is 30.4 Å². The highest BCUT2D eigenvalue weighted by Crippen LogP contribution is 2.51. The number of amides is 3. The second-order valence-corrected chi connectivity index (χ2v) is 9.33. The third-order valence-corrected chi connectivity index (χ3v) is 7.34. The van der Waals surface area contributed by atoms with Gasteiger partial charge in [-0.1, -0.05) is 11.8 Å². The van der Waals surface area contributed by atoms with E-state index in [-0.39, 0.29) is 23.4 Å². The van der Waals surface area contributed by atoms with Gasteiger partial charge in [0.2, 0.25) is 5.91 Å². The summed E-state index contributed by atoms with van der Waals surface area (Å²) in [6.45, 7) is 1.66. The second kappa shape index (κ2) is 7.45. The minimum absolute atomic E-state index is 0.0468. The van der Waals surface area contributed by atoms with E-state index in [2.05, 4.69) is 30.4 Å². The SMILES string of the molecule is O=C(NC1CCCNC1)[C@@H]1Sc2nccc3c2C1NC(=O)N3c1ccc2c(c1)OC(F)(F)O2. The van der Waals surface area contributed by atoms with Crippen molar-refractivity contribution in [3.63, 3.8) is 0 Å².